The number of carbonyl (C=O) groups is 1. The summed E-state index contributed by atoms with van der Waals surface area (Å²) in [6.07, 6.45) is 1.34. The molecule has 2 N–H and O–H groups in total. The number of nitrogens with zero attached hydrogens (tertiary/aromatic N) is 1. The van der Waals surface area contributed by atoms with E-state index in [-0.39, 0.29) is 17.0 Å². The van der Waals surface area contributed by atoms with Gasteiger partial charge in [-0.15, -0.1) is 11.3 Å². The summed E-state index contributed by atoms with van der Waals surface area (Å²) in [6, 6.07) is 1.15. The molecule has 1 amide bonds. The summed E-state index contributed by atoms with van der Waals surface area (Å²) in [7, 11) is 0. The fraction of sp³-hybridized carbons (Fsp3) is 0.250. The number of H-pyrrole nitrogens is 1. The number of carbonyl (C=O) groups excluding carboxylic acids is 1. The molecular formula is C12H12ClN3O2S. The maximum Gasteiger partial charge on any atom is 0.266 e. The molecule has 1 atom stereocenters. The van der Waals surface area contributed by atoms with Crippen LogP contribution in [-0.4, -0.2) is 15.9 Å². The molecular weight excluding hydrogens is 286 g/mol. The Bertz CT molecular complexity index is 665. The minimum atomic E-state index is -0.415. The van der Waals surface area contributed by atoms with Gasteiger partial charge in [0.05, 0.1) is 11.6 Å². The lowest BCUT2D eigenvalue weighted by molar-refractivity contribution is 0.0939. The van der Waals surface area contributed by atoms with Crippen molar-refractivity contribution in [3.63, 3.8) is 0 Å². The van der Waals surface area contributed by atoms with Crippen molar-refractivity contribution in [1.29, 1.82) is 0 Å². The first-order valence-electron chi connectivity index (χ1n) is 5.58. The molecule has 2 aromatic heterocycles. The predicted molar refractivity (Wildman–Crippen MR) is 74.8 cm³/mol. The second-order valence-electron chi connectivity index (χ2n) is 4.09. The standard InChI is InChI=1S/C12H12ClN3O2S/c1-6-5-19-12(15-6)7(2)16-10(17)8-3-9(13)11(18)14-4-8/h3-5,7H,1-2H3,(H,14,18)(H,16,17). The van der Waals surface area contributed by atoms with Gasteiger partial charge in [-0.3, -0.25) is 9.59 Å². The Balaban J connectivity index is 2.12. The van der Waals surface area contributed by atoms with Crippen LogP contribution in [0.3, 0.4) is 0 Å². The van der Waals surface area contributed by atoms with E-state index in [1.807, 2.05) is 19.2 Å². The van der Waals surface area contributed by atoms with Gasteiger partial charge in [0.2, 0.25) is 0 Å². The van der Waals surface area contributed by atoms with E-state index < -0.39 is 5.56 Å². The number of amides is 1. The fourth-order valence-corrected chi connectivity index (χ4v) is 2.48. The number of hydrogen-bond acceptors (Lipinski definition) is 4. The molecule has 2 heterocycles. The quantitative estimate of drug-likeness (QED) is 0.912. The number of thiazole rings is 1. The summed E-state index contributed by atoms with van der Waals surface area (Å²) in [5, 5.41) is 5.55. The normalized spacial score (nSPS) is 12.2. The van der Waals surface area contributed by atoms with Crippen LogP contribution in [0, 0.1) is 6.92 Å². The average molecular weight is 298 g/mol. The molecule has 0 spiro atoms. The third kappa shape index (κ3) is 3.21. The van der Waals surface area contributed by atoms with Gasteiger partial charge >= 0.3 is 0 Å². The molecule has 2 rings (SSSR count). The van der Waals surface area contributed by atoms with Gasteiger partial charge in [-0.2, -0.15) is 0 Å². The van der Waals surface area contributed by atoms with Crippen molar-refractivity contribution in [1.82, 2.24) is 15.3 Å². The smallest absolute Gasteiger partial charge is 0.266 e. The van der Waals surface area contributed by atoms with Crippen LogP contribution in [0.2, 0.25) is 5.02 Å². The summed E-state index contributed by atoms with van der Waals surface area (Å²) in [6.45, 7) is 3.75. The molecule has 100 valence electrons. The number of rotatable bonds is 3. The summed E-state index contributed by atoms with van der Waals surface area (Å²) in [4.78, 5) is 29.8. The minimum Gasteiger partial charge on any atom is -0.343 e. The molecule has 0 saturated carbocycles. The van der Waals surface area contributed by atoms with Gasteiger partial charge in [-0.25, -0.2) is 4.98 Å². The molecule has 0 aliphatic rings. The molecule has 0 aromatic carbocycles. The third-order valence-corrected chi connectivity index (χ3v) is 3.90. The number of aromatic nitrogens is 2. The van der Waals surface area contributed by atoms with Crippen LogP contribution in [0.4, 0.5) is 0 Å². The Morgan fingerprint density at radius 1 is 1.58 bits per heavy atom. The SMILES string of the molecule is Cc1csc(C(C)NC(=O)c2c[nH]c(=O)c(Cl)c2)n1. The van der Waals surface area contributed by atoms with Crippen molar-refractivity contribution in [2.45, 2.75) is 19.9 Å². The van der Waals surface area contributed by atoms with Crippen LogP contribution < -0.4 is 10.9 Å². The van der Waals surface area contributed by atoms with Gasteiger partial charge in [-0.05, 0) is 19.9 Å². The van der Waals surface area contributed by atoms with Gasteiger partial charge in [-0.1, -0.05) is 11.6 Å². The lowest BCUT2D eigenvalue weighted by Gasteiger charge is -2.11. The van der Waals surface area contributed by atoms with E-state index in [9.17, 15) is 9.59 Å². The number of nitrogens with one attached hydrogen (secondary N) is 2. The predicted octanol–water partition coefficient (Wildman–Crippen LogP) is 2.28. The topological polar surface area (TPSA) is 74.8 Å². The Hall–Kier alpha value is -1.66. The van der Waals surface area contributed by atoms with E-state index in [1.165, 1.54) is 23.6 Å². The van der Waals surface area contributed by atoms with Crippen LogP contribution in [-0.2, 0) is 0 Å². The van der Waals surface area contributed by atoms with Gasteiger partial charge in [0.25, 0.3) is 11.5 Å². The molecule has 5 nitrogen and oxygen atoms in total. The monoisotopic (exact) mass is 297 g/mol. The van der Waals surface area contributed by atoms with E-state index in [4.69, 9.17) is 11.6 Å². The highest BCUT2D eigenvalue weighted by Crippen LogP contribution is 2.18. The largest absolute Gasteiger partial charge is 0.343 e. The first kappa shape index (κ1) is 13.8. The van der Waals surface area contributed by atoms with E-state index in [0.29, 0.717) is 5.56 Å². The van der Waals surface area contributed by atoms with Crippen LogP contribution in [0.15, 0.2) is 22.4 Å². The van der Waals surface area contributed by atoms with Crippen molar-refractivity contribution < 1.29 is 4.79 Å². The second-order valence-corrected chi connectivity index (χ2v) is 5.38. The van der Waals surface area contributed by atoms with Crippen LogP contribution in [0.25, 0.3) is 0 Å². The van der Waals surface area contributed by atoms with E-state index >= 15 is 0 Å². The molecule has 0 saturated heterocycles. The molecule has 0 bridgehead atoms. The Kier molecular flexibility index (Phi) is 4.01. The van der Waals surface area contributed by atoms with Crippen molar-refractivity contribution in [2.24, 2.45) is 0 Å². The Labute approximate surface area is 118 Å². The number of hydrogen-bond donors (Lipinski definition) is 2. The zero-order valence-electron chi connectivity index (χ0n) is 10.4. The Morgan fingerprint density at radius 2 is 2.32 bits per heavy atom. The molecule has 0 radical (unpaired) electrons. The highest BCUT2D eigenvalue weighted by atomic mass is 35.5. The first-order chi connectivity index (χ1) is 8.97. The number of pyridine rings is 1. The molecule has 2 aromatic rings. The lowest BCUT2D eigenvalue weighted by Crippen LogP contribution is -2.27. The first-order valence-corrected chi connectivity index (χ1v) is 6.84. The zero-order chi connectivity index (χ0) is 14.0. The van der Waals surface area contributed by atoms with Gasteiger partial charge in [0.1, 0.15) is 10.0 Å². The number of halogens is 1. The summed E-state index contributed by atoms with van der Waals surface area (Å²) >= 11 is 7.17. The zero-order valence-corrected chi connectivity index (χ0v) is 11.9. The van der Waals surface area contributed by atoms with Crippen molar-refractivity contribution in [3.8, 4) is 0 Å². The number of aryl methyl sites for hydroxylation is 1. The highest BCUT2D eigenvalue weighted by molar-refractivity contribution is 7.09. The van der Waals surface area contributed by atoms with Gasteiger partial charge in [0.15, 0.2) is 0 Å². The van der Waals surface area contributed by atoms with E-state index in [0.717, 1.165) is 10.7 Å². The maximum atomic E-state index is 12.0. The fourth-order valence-electron chi connectivity index (χ4n) is 1.50. The molecule has 0 aliphatic carbocycles. The van der Waals surface area contributed by atoms with Gasteiger partial charge in [0, 0.05) is 17.3 Å². The second kappa shape index (κ2) is 5.54. The van der Waals surface area contributed by atoms with Crippen molar-refractivity contribution in [3.05, 3.63) is 49.3 Å². The van der Waals surface area contributed by atoms with Crippen molar-refractivity contribution >= 4 is 28.8 Å². The molecule has 1 unspecified atom stereocenters. The van der Waals surface area contributed by atoms with Crippen LogP contribution >= 0.6 is 22.9 Å². The summed E-state index contributed by atoms with van der Waals surface area (Å²) < 4.78 is 0. The lowest BCUT2D eigenvalue weighted by atomic mass is 10.2. The minimum absolute atomic E-state index is 0.00889. The highest BCUT2D eigenvalue weighted by Gasteiger charge is 2.14. The van der Waals surface area contributed by atoms with Gasteiger partial charge < -0.3 is 10.3 Å². The molecule has 19 heavy (non-hydrogen) atoms. The summed E-state index contributed by atoms with van der Waals surface area (Å²) in [5.41, 5.74) is 0.819. The van der Waals surface area contributed by atoms with Crippen LogP contribution in [0.5, 0.6) is 0 Å². The third-order valence-electron chi connectivity index (χ3n) is 2.47. The molecule has 7 heteroatoms. The average Bonchev–Trinajstić information content (AvgIpc) is 2.79. The van der Waals surface area contributed by atoms with E-state index in [2.05, 4.69) is 15.3 Å². The molecule has 0 fully saturated rings. The molecule has 0 aliphatic heterocycles. The Morgan fingerprint density at radius 3 is 2.89 bits per heavy atom. The maximum absolute atomic E-state index is 12.0. The summed E-state index contributed by atoms with van der Waals surface area (Å²) in [5.74, 6) is -0.307. The van der Waals surface area contributed by atoms with E-state index in [1.54, 1.807) is 0 Å². The van der Waals surface area contributed by atoms with Crippen LogP contribution in [0.1, 0.15) is 34.0 Å². The number of aromatic amines is 1. The van der Waals surface area contributed by atoms with Crippen molar-refractivity contribution in [2.75, 3.05) is 0 Å².